The van der Waals surface area contributed by atoms with Gasteiger partial charge in [-0.25, -0.2) is 23.4 Å². The first-order valence-electron chi connectivity index (χ1n) is 19.7. The second-order valence-electron chi connectivity index (χ2n) is 14.8. The Morgan fingerprint density at radius 3 is 2.55 bits per heavy atom. The Bertz CT molecular complexity index is 2430. The lowest BCUT2D eigenvalue weighted by atomic mass is 10.0. The largest absolute Gasteiger partial charge is 0.444 e. The summed E-state index contributed by atoms with van der Waals surface area (Å²) in [4.78, 5) is 72.4. The molecule has 0 spiro atoms. The molecule has 5 aromatic rings. The molecule has 2 aliphatic heterocycles. The minimum Gasteiger partial charge on any atom is -0.444 e. The van der Waals surface area contributed by atoms with Crippen LogP contribution in [0.3, 0.4) is 0 Å². The predicted molar refractivity (Wildman–Crippen MR) is 211 cm³/mol. The van der Waals surface area contributed by atoms with Gasteiger partial charge in [-0.2, -0.15) is 5.10 Å². The van der Waals surface area contributed by atoms with Gasteiger partial charge in [-0.15, -0.1) is 0 Å². The number of nitrogens with zero attached hydrogens (tertiary/aromatic N) is 5. The van der Waals surface area contributed by atoms with E-state index in [9.17, 15) is 32.8 Å². The molecular weight excluding hydrogens is 781 g/mol. The molecule has 16 nitrogen and oxygen atoms in total. The van der Waals surface area contributed by atoms with E-state index in [0.29, 0.717) is 62.1 Å². The molecule has 2 fully saturated rings. The van der Waals surface area contributed by atoms with E-state index in [2.05, 4.69) is 36.3 Å². The zero-order chi connectivity index (χ0) is 41.8. The van der Waals surface area contributed by atoms with Gasteiger partial charge in [0, 0.05) is 44.4 Å². The number of carbonyl (C=O) groups is 5. The fourth-order valence-electron chi connectivity index (χ4n) is 7.00. The number of hydrogen-bond acceptors (Lipinski definition) is 12. The van der Waals surface area contributed by atoms with Gasteiger partial charge in [-0.05, 0) is 85.5 Å². The molecule has 1 atom stereocenters. The van der Waals surface area contributed by atoms with Gasteiger partial charge in [0.05, 0.1) is 35.3 Å². The monoisotopic (exact) mass is 821 g/mol. The number of carbonyl (C=O) groups excluding carboxylic acids is 5. The van der Waals surface area contributed by atoms with Crippen LogP contribution in [0.2, 0.25) is 0 Å². The molecule has 3 aromatic heterocycles. The minimum atomic E-state index is -2.95. The summed E-state index contributed by atoms with van der Waals surface area (Å²) in [7, 11) is 0. The van der Waals surface area contributed by atoms with E-state index >= 15 is 0 Å². The summed E-state index contributed by atoms with van der Waals surface area (Å²) in [5.74, 6) is -1.35. The van der Waals surface area contributed by atoms with Crippen molar-refractivity contribution in [2.75, 3.05) is 36.9 Å². The lowest BCUT2D eigenvalue weighted by Gasteiger charge is -2.27. The van der Waals surface area contributed by atoms with Crippen molar-refractivity contribution in [1.29, 1.82) is 0 Å². The van der Waals surface area contributed by atoms with Crippen molar-refractivity contribution in [1.82, 2.24) is 35.3 Å². The van der Waals surface area contributed by atoms with E-state index in [1.165, 1.54) is 30.0 Å². The average molecular weight is 822 g/mol. The molecule has 8 rings (SSSR count). The number of piperidine rings is 1. The first-order valence-corrected chi connectivity index (χ1v) is 19.7. The number of benzene rings is 2. The van der Waals surface area contributed by atoms with Crippen molar-refractivity contribution in [3.05, 3.63) is 107 Å². The van der Waals surface area contributed by atoms with Crippen LogP contribution in [0.4, 0.5) is 20.3 Å². The van der Waals surface area contributed by atoms with Gasteiger partial charge in [-0.3, -0.25) is 34.2 Å². The highest BCUT2D eigenvalue weighted by molar-refractivity contribution is 6.23. The van der Waals surface area contributed by atoms with E-state index in [4.69, 9.17) is 9.15 Å². The molecule has 1 unspecified atom stereocenters. The summed E-state index contributed by atoms with van der Waals surface area (Å²) in [6.07, 6.45) is 5.01. The summed E-state index contributed by atoms with van der Waals surface area (Å²) in [6.45, 7) is 2.85. The fourth-order valence-corrected chi connectivity index (χ4v) is 7.00. The summed E-state index contributed by atoms with van der Waals surface area (Å²) < 4.78 is 40.6. The normalized spacial score (nSPS) is 16.4. The number of rotatable bonds is 18. The van der Waals surface area contributed by atoms with Gasteiger partial charge in [0.2, 0.25) is 17.7 Å². The summed E-state index contributed by atoms with van der Waals surface area (Å²) in [5, 5.41) is 15.3. The van der Waals surface area contributed by atoms with Crippen LogP contribution in [0.5, 0.6) is 0 Å². The van der Waals surface area contributed by atoms with E-state index < -0.39 is 47.7 Å². The Morgan fingerprint density at radius 1 is 0.967 bits per heavy atom. The van der Waals surface area contributed by atoms with Gasteiger partial charge in [0.1, 0.15) is 18.1 Å². The number of nitrogens with one attached hydrogen (secondary N) is 4. The quantitative estimate of drug-likeness (QED) is 0.0676. The second kappa shape index (κ2) is 17.7. The van der Waals surface area contributed by atoms with Crippen LogP contribution in [0.25, 0.3) is 17.1 Å². The number of hydrogen-bond donors (Lipinski definition) is 4. The van der Waals surface area contributed by atoms with E-state index in [0.717, 1.165) is 22.6 Å². The Kier molecular flexibility index (Phi) is 11.8. The lowest BCUT2D eigenvalue weighted by Crippen LogP contribution is -2.54. The minimum absolute atomic E-state index is 0.0622. The van der Waals surface area contributed by atoms with Crippen LogP contribution >= 0.6 is 0 Å². The lowest BCUT2D eigenvalue weighted by molar-refractivity contribution is -0.136. The van der Waals surface area contributed by atoms with Crippen molar-refractivity contribution >= 4 is 41.0 Å². The zero-order valence-electron chi connectivity index (χ0n) is 32.3. The Balaban J connectivity index is 0.767. The molecule has 2 aromatic carbocycles. The molecule has 5 amide bonds. The smallest absolute Gasteiger partial charge is 0.284 e. The maximum Gasteiger partial charge on any atom is 0.284 e. The average Bonchev–Trinajstić information content (AvgIpc) is 3.66. The number of oxazole rings is 1. The number of anilines is 2. The van der Waals surface area contributed by atoms with Gasteiger partial charge < -0.3 is 25.1 Å². The number of aryl methyl sites for hydroxylation is 1. The molecule has 18 heteroatoms. The Hall–Kier alpha value is -6.66. The number of imide groups is 2. The highest BCUT2D eigenvalue weighted by atomic mass is 19.3. The maximum absolute atomic E-state index is 14.0. The van der Waals surface area contributed by atoms with E-state index in [-0.39, 0.29) is 41.2 Å². The van der Waals surface area contributed by atoms with Crippen molar-refractivity contribution in [2.45, 2.75) is 57.5 Å². The van der Waals surface area contributed by atoms with E-state index in [1.807, 2.05) is 12.1 Å². The standard InChI is InChI=1S/C42H41F2N9O7/c43-37(44)36-31(48-38(55)32-23-60-40(49-32)27-13-14-46-34(19-27)47-21-26-3-4-26)22-52(51-36)28-8-5-25(6-9-28)20-45-15-17-59-16-1-2-24-7-10-29-30(18-24)42(58)53(41(29)57)33-11-12-35(54)50-39(33)56/h5-10,13-14,18-19,22-23,26,33,37,45H,1-4,11-12,15-17,20-21H2,(H,46,47)(H,48,55)(H,50,54,56). The molecule has 310 valence electrons. The van der Waals surface area contributed by atoms with Gasteiger partial charge >= 0.3 is 0 Å². The van der Waals surface area contributed by atoms with Crippen LogP contribution in [0, 0.1) is 5.92 Å². The topological polar surface area (TPSA) is 203 Å². The SMILES string of the molecule is O=C1CCC(N2C(=O)c3ccc(CCCOCCNCc4ccc(-n5cc(NC(=O)c6coc(-c7ccnc(NCC8CC8)c7)n6)c(C(F)F)n5)cc4)cc3C2=O)C(=O)N1. The first kappa shape index (κ1) is 40.1. The number of amides is 5. The maximum atomic E-state index is 14.0. The number of pyridine rings is 1. The highest BCUT2D eigenvalue weighted by Gasteiger charge is 2.44. The molecule has 1 saturated carbocycles. The molecular formula is C42H41F2N9O7. The summed E-state index contributed by atoms with van der Waals surface area (Å²) >= 11 is 0. The van der Waals surface area contributed by atoms with E-state index in [1.54, 1.807) is 48.7 Å². The van der Waals surface area contributed by atoms with Crippen LogP contribution in [-0.2, 0) is 27.3 Å². The molecule has 60 heavy (non-hydrogen) atoms. The van der Waals surface area contributed by atoms with Crippen LogP contribution in [0.15, 0.2) is 77.7 Å². The number of halogens is 2. The first-order chi connectivity index (χ1) is 29.1. The highest BCUT2D eigenvalue weighted by Crippen LogP contribution is 2.31. The molecule has 0 bridgehead atoms. The van der Waals surface area contributed by atoms with Crippen molar-refractivity contribution < 1.29 is 41.9 Å². The van der Waals surface area contributed by atoms with Crippen LogP contribution in [0.1, 0.15) is 86.6 Å². The zero-order valence-corrected chi connectivity index (χ0v) is 32.3. The van der Waals surface area contributed by atoms with Gasteiger partial charge in [-0.1, -0.05) is 18.2 Å². The number of aromatic nitrogens is 4. The molecule has 1 aliphatic carbocycles. The molecule has 3 aliphatic rings. The number of fused-ring (bicyclic) bond motifs is 1. The number of ether oxygens (including phenoxy) is 1. The number of alkyl halides is 2. The molecule has 0 radical (unpaired) electrons. The third-order valence-corrected chi connectivity index (χ3v) is 10.4. The molecule has 4 N–H and O–H groups in total. The van der Waals surface area contributed by atoms with Gasteiger partial charge in [0.25, 0.3) is 24.1 Å². The van der Waals surface area contributed by atoms with Crippen LogP contribution < -0.4 is 21.3 Å². The van der Waals surface area contributed by atoms with Gasteiger partial charge in [0.15, 0.2) is 11.4 Å². The second-order valence-corrected chi connectivity index (χ2v) is 14.8. The van der Waals surface area contributed by atoms with Crippen molar-refractivity contribution in [2.24, 2.45) is 5.92 Å². The van der Waals surface area contributed by atoms with Crippen molar-refractivity contribution in [3.8, 4) is 17.1 Å². The summed E-state index contributed by atoms with van der Waals surface area (Å²) in [6, 6.07) is 14.7. The predicted octanol–water partition coefficient (Wildman–Crippen LogP) is 5.07. The summed E-state index contributed by atoms with van der Waals surface area (Å²) in [5.41, 5.74) is 2.60. The molecule has 1 saturated heterocycles. The Labute approximate surface area is 342 Å². The van der Waals surface area contributed by atoms with Crippen molar-refractivity contribution in [3.63, 3.8) is 0 Å². The fraction of sp³-hybridized carbons (Fsp3) is 0.333. The third-order valence-electron chi connectivity index (χ3n) is 10.4. The third kappa shape index (κ3) is 9.14. The molecule has 5 heterocycles. The van der Waals surface area contributed by atoms with Crippen LogP contribution in [-0.4, -0.2) is 86.5 Å². The Morgan fingerprint density at radius 2 is 1.77 bits per heavy atom.